The fourth-order valence-electron chi connectivity index (χ4n) is 0.786. The normalized spacial score (nSPS) is 14.8. The molecule has 0 N–H and O–H groups in total. The molecule has 2 unspecified atom stereocenters. The summed E-state index contributed by atoms with van der Waals surface area (Å²) in [5.74, 6) is 0. The van der Waals surface area contributed by atoms with Crippen molar-refractivity contribution in [3.05, 3.63) is 0 Å². The van der Waals surface area contributed by atoms with E-state index in [1.54, 1.807) is 8.05 Å². The van der Waals surface area contributed by atoms with Crippen LogP contribution in [0.25, 0.3) is 0 Å². The molecule has 0 spiro atoms. The SMILES string of the molecule is B=BOC(C)COC(C)COB. The first-order valence-corrected chi connectivity index (χ1v) is 4.07. The molecule has 3 nitrogen and oxygen atoms in total. The monoisotopic (exact) mass is 168 g/mol. The average Bonchev–Trinajstić information content (AvgIpc) is 2.02. The molecule has 0 aromatic heterocycles. The van der Waals surface area contributed by atoms with Crippen LogP contribution in [0, 0.1) is 0 Å². The van der Waals surface area contributed by atoms with Gasteiger partial charge in [-0.25, -0.2) is 0 Å². The van der Waals surface area contributed by atoms with E-state index in [2.05, 4.69) is 7.37 Å². The van der Waals surface area contributed by atoms with Crippen LogP contribution in [0.3, 0.4) is 0 Å². The van der Waals surface area contributed by atoms with E-state index >= 15 is 0 Å². The Balaban J connectivity index is 3.32. The van der Waals surface area contributed by atoms with Crippen LogP contribution >= 0.6 is 0 Å². The van der Waals surface area contributed by atoms with E-state index in [1.165, 1.54) is 7.00 Å². The molecule has 0 aliphatic carbocycles. The Kier molecular flexibility index (Phi) is 7.50. The van der Waals surface area contributed by atoms with Gasteiger partial charge >= 0.3 is 75.7 Å². The summed E-state index contributed by atoms with van der Waals surface area (Å²) in [6.07, 6.45) is 0.174. The molecule has 12 heavy (non-hydrogen) atoms. The van der Waals surface area contributed by atoms with Crippen molar-refractivity contribution in [1.29, 1.82) is 0 Å². The van der Waals surface area contributed by atoms with Crippen LogP contribution in [-0.2, 0) is 14.0 Å². The van der Waals surface area contributed by atoms with Gasteiger partial charge in [-0.2, -0.15) is 0 Å². The molecular formula is C6H15B3O3. The van der Waals surface area contributed by atoms with Gasteiger partial charge in [0.15, 0.2) is 0 Å². The van der Waals surface area contributed by atoms with Gasteiger partial charge in [-0.3, -0.25) is 0 Å². The summed E-state index contributed by atoms with van der Waals surface area (Å²) in [6, 6.07) is 0. The molecule has 0 fully saturated rings. The van der Waals surface area contributed by atoms with Crippen LogP contribution in [0.15, 0.2) is 0 Å². The summed E-state index contributed by atoms with van der Waals surface area (Å²) < 4.78 is 15.4. The Labute approximate surface area is 76.5 Å². The van der Waals surface area contributed by atoms with E-state index in [0.29, 0.717) is 13.2 Å². The Morgan fingerprint density at radius 2 is 2.00 bits per heavy atom. The molecule has 0 radical (unpaired) electrons. The molecule has 0 aliphatic heterocycles. The van der Waals surface area contributed by atoms with Crippen molar-refractivity contribution in [2.45, 2.75) is 26.1 Å². The maximum absolute atomic E-state index is 5.40. The predicted molar refractivity (Wildman–Crippen MR) is 53.4 cm³/mol. The molecule has 0 aliphatic rings. The van der Waals surface area contributed by atoms with E-state index in [-0.39, 0.29) is 12.2 Å². The maximum atomic E-state index is 5.40. The zero-order valence-corrected chi connectivity index (χ0v) is 8.08. The molecule has 0 amide bonds. The van der Waals surface area contributed by atoms with Gasteiger partial charge in [0.2, 0.25) is 0 Å². The van der Waals surface area contributed by atoms with Gasteiger partial charge in [0, 0.05) is 0 Å². The van der Waals surface area contributed by atoms with E-state index in [0.717, 1.165) is 0 Å². The fourth-order valence-corrected chi connectivity index (χ4v) is 0.786. The van der Waals surface area contributed by atoms with E-state index in [1.807, 2.05) is 13.8 Å². The van der Waals surface area contributed by atoms with Crippen molar-refractivity contribution < 1.29 is 14.0 Å². The van der Waals surface area contributed by atoms with Gasteiger partial charge in [0.25, 0.3) is 0 Å². The van der Waals surface area contributed by atoms with Crippen molar-refractivity contribution in [3.8, 4) is 0 Å². The molecule has 6 heteroatoms. The second-order valence-corrected chi connectivity index (χ2v) is 2.71. The van der Waals surface area contributed by atoms with Gasteiger partial charge < -0.3 is 0 Å². The van der Waals surface area contributed by atoms with Crippen LogP contribution in [0.5, 0.6) is 0 Å². The summed E-state index contributed by atoms with van der Waals surface area (Å²) >= 11 is 0. The van der Waals surface area contributed by atoms with E-state index in [9.17, 15) is 0 Å². The van der Waals surface area contributed by atoms with Crippen molar-refractivity contribution in [2.24, 2.45) is 0 Å². The summed E-state index contributed by atoms with van der Waals surface area (Å²) in [5, 5.41) is 0. The number of hydrogen-bond donors (Lipinski definition) is 0. The molecule has 0 bridgehead atoms. The standard InChI is InChI=1S/C6H15B3O3/c1-5(4-11-8)10-3-6(2)12-9-7/h5-7H,3-4,8H2,1-2H3. The minimum atomic E-state index is 0.0572. The van der Waals surface area contributed by atoms with Crippen LogP contribution < -0.4 is 0 Å². The summed E-state index contributed by atoms with van der Waals surface area (Å²) in [7, 11) is 6.54. The topological polar surface area (TPSA) is 27.7 Å². The second kappa shape index (κ2) is 7.56. The predicted octanol–water partition coefficient (Wildman–Crippen LogP) is -1.20. The van der Waals surface area contributed by atoms with Gasteiger partial charge in [-0.05, 0) is 0 Å². The van der Waals surface area contributed by atoms with Crippen molar-refractivity contribution >= 4 is 22.4 Å². The molecule has 0 rings (SSSR count). The molecule has 2 atom stereocenters. The third kappa shape index (κ3) is 6.61. The molecule has 66 valence electrons. The van der Waals surface area contributed by atoms with Crippen molar-refractivity contribution in [3.63, 3.8) is 0 Å². The minimum absolute atomic E-state index is 0.0572. The van der Waals surface area contributed by atoms with Gasteiger partial charge in [-0.15, -0.1) is 0 Å². The summed E-state index contributed by atoms with van der Waals surface area (Å²) in [6.45, 7) is 5.07. The Bertz CT molecular complexity index is 123. The number of hydrogen-bond acceptors (Lipinski definition) is 3. The quantitative estimate of drug-likeness (QED) is 0.446. The third-order valence-electron chi connectivity index (χ3n) is 1.35. The first-order chi connectivity index (χ1) is 5.70. The average molecular weight is 168 g/mol. The van der Waals surface area contributed by atoms with Gasteiger partial charge in [0.05, 0.1) is 0 Å². The zero-order valence-electron chi connectivity index (χ0n) is 8.08. The fraction of sp³-hybridized carbons (Fsp3) is 1.00. The number of ether oxygens (including phenoxy) is 1. The third-order valence-corrected chi connectivity index (χ3v) is 1.35. The molecule has 0 aromatic rings. The van der Waals surface area contributed by atoms with Crippen molar-refractivity contribution in [1.82, 2.24) is 0 Å². The molecule has 0 saturated carbocycles. The van der Waals surface area contributed by atoms with Crippen LogP contribution in [0.2, 0.25) is 0 Å². The number of rotatable bonds is 7. The van der Waals surface area contributed by atoms with Crippen LogP contribution in [0.1, 0.15) is 13.8 Å². The van der Waals surface area contributed by atoms with E-state index in [4.69, 9.17) is 14.0 Å². The first-order valence-electron chi connectivity index (χ1n) is 4.07. The first kappa shape index (κ1) is 11.9. The van der Waals surface area contributed by atoms with Gasteiger partial charge in [0.1, 0.15) is 0 Å². The Hall–Kier alpha value is -0.0852. The van der Waals surface area contributed by atoms with Gasteiger partial charge in [-0.1, -0.05) is 0 Å². The molecular weight excluding hydrogens is 152 g/mol. The summed E-state index contributed by atoms with van der Waals surface area (Å²) in [4.78, 5) is 0. The van der Waals surface area contributed by atoms with Crippen molar-refractivity contribution in [2.75, 3.05) is 13.2 Å². The zero-order chi connectivity index (χ0) is 9.40. The van der Waals surface area contributed by atoms with Crippen LogP contribution in [0.4, 0.5) is 0 Å². The molecule has 0 saturated heterocycles. The second-order valence-electron chi connectivity index (χ2n) is 2.71. The van der Waals surface area contributed by atoms with E-state index < -0.39 is 0 Å². The summed E-state index contributed by atoms with van der Waals surface area (Å²) in [5.41, 5.74) is 0. The molecule has 0 heterocycles. The van der Waals surface area contributed by atoms with Crippen LogP contribution in [-0.4, -0.2) is 47.8 Å². The molecule has 0 aromatic carbocycles. The Morgan fingerprint density at radius 3 is 2.50 bits per heavy atom. The Morgan fingerprint density at radius 1 is 1.33 bits per heavy atom.